The molecule has 0 aliphatic heterocycles. The van der Waals surface area contributed by atoms with Crippen molar-refractivity contribution >= 4 is 5.91 Å². The highest BCUT2D eigenvalue weighted by Crippen LogP contribution is 2.23. The van der Waals surface area contributed by atoms with Gasteiger partial charge in [0.25, 0.3) is 0 Å². The molecular formula is C23H26N2O3. The molecule has 3 aromatic rings. The first-order valence-corrected chi connectivity index (χ1v) is 9.50. The first-order valence-electron chi connectivity index (χ1n) is 9.50. The van der Waals surface area contributed by atoms with E-state index in [1.54, 1.807) is 13.3 Å². The number of methoxy groups -OCH3 is 1. The Morgan fingerprint density at radius 1 is 1.11 bits per heavy atom. The van der Waals surface area contributed by atoms with E-state index in [0.29, 0.717) is 31.2 Å². The fourth-order valence-corrected chi connectivity index (χ4v) is 2.84. The molecule has 5 heteroatoms. The van der Waals surface area contributed by atoms with Crippen LogP contribution in [0.1, 0.15) is 43.2 Å². The molecule has 28 heavy (non-hydrogen) atoms. The van der Waals surface area contributed by atoms with Crippen LogP contribution in [0, 0.1) is 0 Å². The summed E-state index contributed by atoms with van der Waals surface area (Å²) in [7, 11) is 1.63. The molecule has 0 spiro atoms. The molecule has 5 nitrogen and oxygen atoms in total. The number of ether oxygens (including phenoxy) is 1. The Bertz CT molecular complexity index is 896. The Hall–Kier alpha value is -3.08. The number of aromatic nitrogens is 1. The zero-order chi connectivity index (χ0) is 19.9. The third kappa shape index (κ3) is 5.22. The molecule has 146 valence electrons. The molecule has 0 aliphatic carbocycles. The second kappa shape index (κ2) is 9.22. The van der Waals surface area contributed by atoms with Crippen LogP contribution in [0.15, 0.2) is 59.1 Å². The quantitative estimate of drug-likeness (QED) is 0.616. The molecule has 0 unspecified atom stereocenters. The number of oxazole rings is 1. The predicted molar refractivity (Wildman–Crippen MR) is 109 cm³/mol. The molecule has 0 fully saturated rings. The molecule has 0 atom stereocenters. The summed E-state index contributed by atoms with van der Waals surface area (Å²) in [5.74, 6) is 2.56. The van der Waals surface area contributed by atoms with Gasteiger partial charge in [0.05, 0.1) is 13.3 Å². The molecule has 2 aromatic carbocycles. The zero-order valence-corrected chi connectivity index (χ0v) is 16.6. The van der Waals surface area contributed by atoms with E-state index in [1.807, 2.05) is 36.4 Å². The maximum absolute atomic E-state index is 12.1. The molecule has 0 bridgehead atoms. The lowest BCUT2D eigenvalue weighted by molar-refractivity contribution is -0.121. The van der Waals surface area contributed by atoms with Gasteiger partial charge in [-0.05, 0) is 29.2 Å². The predicted octanol–water partition coefficient (Wildman–Crippen LogP) is 4.72. The first-order chi connectivity index (χ1) is 13.5. The largest absolute Gasteiger partial charge is 0.497 e. The normalized spacial score (nSPS) is 10.9. The SMILES string of the molecule is COc1ccc(CNC(=O)CCc2ncc(-c3ccc(C(C)C)cc3)o2)cc1. The van der Waals surface area contributed by atoms with E-state index in [-0.39, 0.29) is 5.91 Å². The molecule has 3 rings (SSSR count). The fourth-order valence-electron chi connectivity index (χ4n) is 2.84. The van der Waals surface area contributed by atoms with Gasteiger partial charge in [-0.2, -0.15) is 0 Å². The average molecular weight is 378 g/mol. The van der Waals surface area contributed by atoms with E-state index < -0.39 is 0 Å². The van der Waals surface area contributed by atoms with Gasteiger partial charge < -0.3 is 14.5 Å². The van der Waals surface area contributed by atoms with E-state index in [4.69, 9.17) is 9.15 Å². The molecule has 1 heterocycles. The number of nitrogens with one attached hydrogen (secondary N) is 1. The maximum Gasteiger partial charge on any atom is 0.220 e. The summed E-state index contributed by atoms with van der Waals surface area (Å²) in [6, 6.07) is 15.9. The number of rotatable bonds is 8. The van der Waals surface area contributed by atoms with Crippen LogP contribution >= 0.6 is 0 Å². The Balaban J connectivity index is 1.48. The van der Waals surface area contributed by atoms with Crippen LogP contribution in [0.3, 0.4) is 0 Å². The van der Waals surface area contributed by atoms with Gasteiger partial charge in [-0.1, -0.05) is 50.2 Å². The van der Waals surface area contributed by atoms with E-state index >= 15 is 0 Å². The summed E-state index contributed by atoms with van der Waals surface area (Å²) >= 11 is 0. The number of benzene rings is 2. The van der Waals surface area contributed by atoms with Crippen molar-refractivity contribution in [3.8, 4) is 17.1 Å². The van der Waals surface area contributed by atoms with Crippen molar-refractivity contribution < 1.29 is 13.9 Å². The topological polar surface area (TPSA) is 64.4 Å². The fraction of sp³-hybridized carbons (Fsp3) is 0.304. The van der Waals surface area contributed by atoms with Crippen molar-refractivity contribution in [2.24, 2.45) is 0 Å². The summed E-state index contributed by atoms with van der Waals surface area (Å²) in [4.78, 5) is 16.4. The van der Waals surface area contributed by atoms with Gasteiger partial charge in [-0.15, -0.1) is 0 Å². The lowest BCUT2D eigenvalue weighted by Gasteiger charge is -2.06. The minimum absolute atomic E-state index is 0.0307. The van der Waals surface area contributed by atoms with Crippen LogP contribution in [-0.4, -0.2) is 18.0 Å². The number of carbonyl (C=O) groups is 1. The van der Waals surface area contributed by atoms with E-state index in [2.05, 4.69) is 36.3 Å². The lowest BCUT2D eigenvalue weighted by atomic mass is 10.0. The van der Waals surface area contributed by atoms with Gasteiger partial charge >= 0.3 is 0 Å². The van der Waals surface area contributed by atoms with Crippen LogP contribution in [0.2, 0.25) is 0 Å². The third-order valence-corrected chi connectivity index (χ3v) is 4.63. The van der Waals surface area contributed by atoms with Crippen molar-refractivity contribution in [1.82, 2.24) is 10.3 Å². The van der Waals surface area contributed by atoms with Crippen LogP contribution in [0.4, 0.5) is 0 Å². The molecular weight excluding hydrogens is 352 g/mol. The summed E-state index contributed by atoms with van der Waals surface area (Å²) in [6.07, 6.45) is 2.52. The van der Waals surface area contributed by atoms with E-state index in [0.717, 1.165) is 22.6 Å². The van der Waals surface area contributed by atoms with Gasteiger partial charge in [0, 0.05) is 24.9 Å². The van der Waals surface area contributed by atoms with E-state index in [1.165, 1.54) is 5.56 Å². The van der Waals surface area contributed by atoms with Crippen LogP contribution in [0.5, 0.6) is 5.75 Å². The Kier molecular flexibility index (Phi) is 6.48. The second-order valence-electron chi connectivity index (χ2n) is 7.02. The minimum Gasteiger partial charge on any atom is -0.497 e. The Morgan fingerprint density at radius 3 is 2.46 bits per heavy atom. The zero-order valence-electron chi connectivity index (χ0n) is 16.6. The van der Waals surface area contributed by atoms with Crippen LogP contribution < -0.4 is 10.1 Å². The first kappa shape index (κ1) is 19.7. The molecule has 0 aliphatic rings. The lowest BCUT2D eigenvalue weighted by Crippen LogP contribution is -2.23. The minimum atomic E-state index is -0.0307. The number of nitrogens with zero attached hydrogens (tertiary/aromatic N) is 1. The second-order valence-corrected chi connectivity index (χ2v) is 7.02. The molecule has 0 saturated heterocycles. The van der Waals surface area contributed by atoms with Crippen molar-refractivity contribution in [3.05, 3.63) is 71.7 Å². The highest BCUT2D eigenvalue weighted by atomic mass is 16.5. The molecule has 0 saturated carbocycles. The van der Waals surface area contributed by atoms with E-state index in [9.17, 15) is 4.79 Å². The molecule has 1 N–H and O–H groups in total. The molecule has 1 aromatic heterocycles. The van der Waals surface area contributed by atoms with Gasteiger partial charge in [0.1, 0.15) is 5.75 Å². The van der Waals surface area contributed by atoms with Crippen molar-refractivity contribution in [1.29, 1.82) is 0 Å². The average Bonchev–Trinajstić information content (AvgIpc) is 3.20. The molecule has 0 radical (unpaired) electrons. The monoisotopic (exact) mass is 378 g/mol. The van der Waals surface area contributed by atoms with Crippen molar-refractivity contribution in [3.63, 3.8) is 0 Å². The smallest absolute Gasteiger partial charge is 0.220 e. The number of aryl methyl sites for hydroxylation is 1. The Labute approximate surface area is 165 Å². The van der Waals surface area contributed by atoms with Gasteiger partial charge in [0.2, 0.25) is 5.91 Å². The standard InChI is InChI=1S/C23H26N2O3/c1-16(2)18-6-8-19(9-7-18)21-15-25-23(28-21)13-12-22(26)24-14-17-4-10-20(27-3)11-5-17/h4-11,15-16H,12-14H2,1-3H3,(H,24,26). The summed E-state index contributed by atoms with van der Waals surface area (Å²) < 4.78 is 10.9. The summed E-state index contributed by atoms with van der Waals surface area (Å²) in [5, 5.41) is 2.91. The van der Waals surface area contributed by atoms with Gasteiger partial charge in [-0.25, -0.2) is 4.98 Å². The number of carbonyl (C=O) groups excluding carboxylic acids is 1. The van der Waals surface area contributed by atoms with Gasteiger partial charge in [-0.3, -0.25) is 4.79 Å². The number of amides is 1. The third-order valence-electron chi connectivity index (χ3n) is 4.63. The number of hydrogen-bond acceptors (Lipinski definition) is 4. The summed E-state index contributed by atoms with van der Waals surface area (Å²) in [5.41, 5.74) is 3.31. The molecule has 1 amide bonds. The van der Waals surface area contributed by atoms with Crippen molar-refractivity contribution in [2.45, 2.75) is 39.2 Å². The van der Waals surface area contributed by atoms with Crippen LogP contribution in [0.25, 0.3) is 11.3 Å². The Morgan fingerprint density at radius 2 is 1.82 bits per heavy atom. The van der Waals surface area contributed by atoms with Gasteiger partial charge in [0.15, 0.2) is 11.7 Å². The highest BCUT2D eigenvalue weighted by molar-refractivity contribution is 5.76. The maximum atomic E-state index is 12.1. The summed E-state index contributed by atoms with van der Waals surface area (Å²) in [6.45, 7) is 4.82. The van der Waals surface area contributed by atoms with Crippen LogP contribution in [-0.2, 0) is 17.8 Å². The number of hydrogen-bond donors (Lipinski definition) is 1. The van der Waals surface area contributed by atoms with Crippen molar-refractivity contribution in [2.75, 3.05) is 7.11 Å². The highest BCUT2D eigenvalue weighted by Gasteiger charge is 2.10.